The van der Waals surface area contributed by atoms with Gasteiger partial charge in [-0.15, -0.1) is 5.10 Å². The van der Waals surface area contributed by atoms with Gasteiger partial charge in [-0.1, -0.05) is 32.0 Å². The standard InChI is InChI=1S/C32H38BN9O6/c1-5-47-23-18-35-28(42-20-37-24(38-42)19-36-31(46)32(2,3)11-16-48-39(4)33)26-25(23)22(17-34-26)27(43)30(45)41-14-12-40(13-15-41)29(44)21-9-7-6-8-10-21/h6-10,17-18,20,34H,5,11-16,19H2,1-4H3,(H,36,46). The second kappa shape index (κ2) is 14.8. The zero-order valence-electron chi connectivity index (χ0n) is 27.4. The molecule has 250 valence electrons. The van der Waals surface area contributed by atoms with E-state index in [0.29, 0.717) is 60.0 Å². The van der Waals surface area contributed by atoms with Crippen molar-refractivity contribution < 1.29 is 28.8 Å². The van der Waals surface area contributed by atoms with E-state index < -0.39 is 17.1 Å². The van der Waals surface area contributed by atoms with Gasteiger partial charge in [0.05, 0.1) is 42.4 Å². The highest BCUT2D eigenvalue weighted by atomic mass is 16.7. The number of nitrogens with zero attached hydrogens (tertiary/aromatic N) is 7. The van der Waals surface area contributed by atoms with Gasteiger partial charge in [-0.25, -0.2) is 19.6 Å². The van der Waals surface area contributed by atoms with Gasteiger partial charge in [0.25, 0.3) is 17.6 Å². The van der Waals surface area contributed by atoms with Crippen LogP contribution in [0.5, 0.6) is 5.75 Å². The number of H-pyrrole nitrogens is 1. The van der Waals surface area contributed by atoms with Gasteiger partial charge in [-0.3, -0.25) is 19.2 Å². The number of nitrogens with one attached hydrogen (secondary N) is 2. The molecule has 0 saturated carbocycles. The van der Waals surface area contributed by atoms with E-state index in [2.05, 4.69) is 25.4 Å². The summed E-state index contributed by atoms with van der Waals surface area (Å²) >= 11 is 0. The van der Waals surface area contributed by atoms with Crippen molar-refractivity contribution in [1.82, 2.24) is 44.8 Å². The van der Waals surface area contributed by atoms with Gasteiger partial charge >= 0.3 is 0 Å². The molecule has 15 nitrogen and oxygen atoms in total. The van der Waals surface area contributed by atoms with Crippen LogP contribution in [0.25, 0.3) is 16.7 Å². The lowest BCUT2D eigenvalue weighted by molar-refractivity contribution is -0.133. The average molecular weight is 656 g/mol. The molecule has 0 bridgehead atoms. The van der Waals surface area contributed by atoms with Crippen molar-refractivity contribution in [2.75, 3.05) is 46.4 Å². The molecular weight excluding hydrogens is 617 g/mol. The first-order chi connectivity index (χ1) is 23.0. The van der Waals surface area contributed by atoms with E-state index in [9.17, 15) is 19.2 Å². The van der Waals surface area contributed by atoms with Crippen LogP contribution in [0.15, 0.2) is 49.1 Å². The molecule has 4 aromatic rings. The molecule has 4 heterocycles. The number of piperazine rings is 1. The number of Topliss-reactive ketones (excluding diaryl/α,β-unsaturated/α-hetero) is 1. The number of aromatic amines is 1. The van der Waals surface area contributed by atoms with Crippen LogP contribution in [-0.2, 0) is 21.0 Å². The Hall–Kier alpha value is -5.09. The van der Waals surface area contributed by atoms with Gasteiger partial charge in [-0.2, -0.15) is 0 Å². The zero-order valence-corrected chi connectivity index (χ0v) is 27.4. The maximum Gasteiger partial charge on any atom is 0.295 e. The Morgan fingerprint density at radius 3 is 2.46 bits per heavy atom. The van der Waals surface area contributed by atoms with Crippen LogP contribution in [0.4, 0.5) is 0 Å². The van der Waals surface area contributed by atoms with Gasteiger partial charge in [0.15, 0.2) is 11.6 Å². The Kier molecular flexibility index (Phi) is 10.5. The Morgan fingerprint density at radius 1 is 1.06 bits per heavy atom. The van der Waals surface area contributed by atoms with E-state index in [1.165, 1.54) is 28.3 Å². The summed E-state index contributed by atoms with van der Waals surface area (Å²) in [7, 11) is 7.03. The average Bonchev–Trinajstić information content (AvgIpc) is 3.75. The van der Waals surface area contributed by atoms with Crippen LogP contribution >= 0.6 is 0 Å². The van der Waals surface area contributed by atoms with Crippen molar-refractivity contribution >= 4 is 42.4 Å². The van der Waals surface area contributed by atoms with E-state index >= 15 is 0 Å². The van der Waals surface area contributed by atoms with Crippen LogP contribution in [0.2, 0.25) is 0 Å². The number of aromatic nitrogens is 5. The molecule has 3 amide bonds. The number of carbonyl (C=O) groups excluding carboxylic acids is 4. The van der Waals surface area contributed by atoms with Crippen LogP contribution in [0, 0.1) is 5.41 Å². The van der Waals surface area contributed by atoms with Crippen LogP contribution < -0.4 is 10.1 Å². The molecule has 0 atom stereocenters. The topological polar surface area (TPSA) is 168 Å². The summed E-state index contributed by atoms with van der Waals surface area (Å²) < 4.78 is 7.22. The number of ketones is 1. The normalized spacial score (nSPS) is 13.6. The molecule has 2 N–H and O–H groups in total. The monoisotopic (exact) mass is 655 g/mol. The molecule has 0 unspecified atom stereocenters. The molecule has 16 heteroatoms. The number of rotatable bonds is 13. The third-order valence-electron chi connectivity index (χ3n) is 8.07. The summed E-state index contributed by atoms with van der Waals surface area (Å²) in [5.74, 6) is -0.722. The number of hydrogen-bond acceptors (Lipinski definition) is 10. The Bertz CT molecular complexity index is 1780. The Morgan fingerprint density at radius 2 is 1.77 bits per heavy atom. The van der Waals surface area contributed by atoms with Crippen LogP contribution in [0.3, 0.4) is 0 Å². The predicted octanol–water partition coefficient (Wildman–Crippen LogP) is 1.69. The van der Waals surface area contributed by atoms with E-state index in [4.69, 9.17) is 17.6 Å². The van der Waals surface area contributed by atoms with Crippen molar-refractivity contribution in [3.63, 3.8) is 0 Å². The summed E-state index contributed by atoms with van der Waals surface area (Å²) in [6, 6.07) is 8.95. The fourth-order valence-corrected chi connectivity index (χ4v) is 5.29. The Labute approximate surface area is 279 Å². The number of benzene rings is 1. The molecule has 5 rings (SSSR count). The van der Waals surface area contributed by atoms with E-state index in [-0.39, 0.29) is 43.6 Å². The largest absolute Gasteiger partial charge is 0.492 e. The summed E-state index contributed by atoms with van der Waals surface area (Å²) in [6.45, 7) is 7.14. The predicted molar refractivity (Wildman–Crippen MR) is 175 cm³/mol. The van der Waals surface area contributed by atoms with Crippen molar-refractivity contribution in [3.05, 3.63) is 66.0 Å². The molecule has 0 spiro atoms. The van der Waals surface area contributed by atoms with Crippen LogP contribution in [0.1, 0.15) is 53.7 Å². The van der Waals surface area contributed by atoms with Gasteiger partial charge in [0, 0.05) is 43.4 Å². The van der Waals surface area contributed by atoms with Crippen molar-refractivity contribution in [3.8, 4) is 11.6 Å². The molecule has 1 saturated heterocycles. The minimum absolute atomic E-state index is 0.0697. The molecule has 2 radical (unpaired) electrons. The van der Waals surface area contributed by atoms with E-state index in [1.54, 1.807) is 57.0 Å². The minimum Gasteiger partial charge on any atom is -0.492 e. The van der Waals surface area contributed by atoms with Gasteiger partial charge < -0.3 is 29.7 Å². The second-order valence-electron chi connectivity index (χ2n) is 11.9. The number of hydrogen-bond donors (Lipinski definition) is 2. The van der Waals surface area contributed by atoms with Crippen LogP contribution in [-0.4, -0.2) is 117 Å². The minimum atomic E-state index is -0.723. The first kappa shape index (κ1) is 34.3. The van der Waals surface area contributed by atoms with Crippen molar-refractivity contribution in [2.24, 2.45) is 5.41 Å². The Balaban J connectivity index is 1.29. The number of fused-ring (bicyclic) bond motifs is 1. The fraction of sp³-hybridized carbons (Fsp3) is 0.406. The highest BCUT2D eigenvalue weighted by molar-refractivity contribution is 6.45. The third-order valence-corrected chi connectivity index (χ3v) is 8.07. The first-order valence-electron chi connectivity index (χ1n) is 15.6. The molecule has 1 aliphatic heterocycles. The highest BCUT2D eigenvalue weighted by Crippen LogP contribution is 2.32. The molecule has 1 fully saturated rings. The van der Waals surface area contributed by atoms with Gasteiger partial charge in [0.1, 0.15) is 12.1 Å². The summed E-state index contributed by atoms with van der Waals surface area (Å²) in [6.07, 6.45) is 4.82. The molecule has 0 aliphatic carbocycles. The summed E-state index contributed by atoms with van der Waals surface area (Å²) in [5.41, 5.74) is 0.400. The molecular formula is C32H38BN9O6. The number of hydroxylamine groups is 1. The van der Waals surface area contributed by atoms with E-state index in [1.807, 2.05) is 6.07 Å². The molecule has 1 aliphatic rings. The SMILES string of the molecule is [B]N(C)OCCC(C)(C)C(=O)NCc1ncn(-c2ncc(OCC)c3c(C(=O)C(=O)N4CCN(C(=O)c5ccccc5)CC4)c[nH]c23)n1. The molecule has 3 aromatic heterocycles. The quantitative estimate of drug-likeness (QED) is 0.0936. The number of pyridine rings is 1. The maximum atomic E-state index is 13.6. The van der Waals surface area contributed by atoms with Crippen molar-refractivity contribution in [2.45, 2.75) is 33.7 Å². The smallest absolute Gasteiger partial charge is 0.295 e. The lowest BCUT2D eigenvalue weighted by Gasteiger charge is -2.34. The first-order valence-corrected chi connectivity index (χ1v) is 15.6. The highest BCUT2D eigenvalue weighted by Gasteiger charge is 2.32. The number of carbonyl (C=O) groups is 4. The third kappa shape index (κ3) is 7.55. The second-order valence-corrected chi connectivity index (χ2v) is 11.9. The summed E-state index contributed by atoms with van der Waals surface area (Å²) in [5, 5.41) is 7.71. The number of ether oxygens (including phenoxy) is 1. The summed E-state index contributed by atoms with van der Waals surface area (Å²) in [4.78, 5) is 74.1. The van der Waals surface area contributed by atoms with E-state index in [0.717, 1.165) is 4.97 Å². The lowest BCUT2D eigenvalue weighted by atomic mass is 9.88. The molecule has 48 heavy (non-hydrogen) atoms. The lowest BCUT2D eigenvalue weighted by Crippen LogP contribution is -2.52. The molecule has 1 aromatic carbocycles. The fourth-order valence-electron chi connectivity index (χ4n) is 5.29. The number of amides is 3. The van der Waals surface area contributed by atoms with Crippen molar-refractivity contribution in [1.29, 1.82) is 0 Å². The zero-order chi connectivity index (χ0) is 34.4. The van der Waals surface area contributed by atoms with Gasteiger partial charge in [-0.05, 0) is 32.5 Å². The van der Waals surface area contributed by atoms with Gasteiger partial charge in [0.2, 0.25) is 13.9 Å². The maximum absolute atomic E-state index is 13.6.